The van der Waals surface area contributed by atoms with Gasteiger partial charge in [-0.3, -0.25) is 0 Å². The minimum absolute atomic E-state index is 0.607. The zero-order valence-corrected chi connectivity index (χ0v) is 15.4. The first kappa shape index (κ1) is 16.5. The van der Waals surface area contributed by atoms with Gasteiger partial charge in [0.25, 0.3) is 0 Å². The van der Waals surface area contributed by atoms with Gasteiger partial charge < -0.3 is 5.32 Å². The maximum absolute atomic E-state index is 9.62. The molecule has 1 N–H and O–H groups in total. The van der Waals surface area contributed by atoms with Crippen LogP contribution in [0.4, 0.5) is 11.5 Å². The molecule has 2 aromatic heterocycles. The van der Waals surface area contributed by atoms with Crippen LogP contribution in [0.15, 0.2) is 54.9 Å². The number of anilines is 2. The summed E-state index contributed by atoms with van der Waals surface area (Å²) in [6.07, 6.45) is 1.52. The molecule has 0 spiro atoms. The van der Waals surface area contributed by atoms with Gasteiger partial charge in [0.2, 0.25) is 0 Å². The number of hydrogen-bond acceptors (Lipinski definition) is 5. The monoisotopic (exact) mass is 376 g/mol. The van der Waals surface area contributed by atoms with E-state index in [-0.39, 0.29) is 0 Å². The van der Waals surface area contributed by atoms with Gasteiger partial charge in [-0.15, -0.1) is 11.3 Å². The number of aromatic nitrogens is 2. The number of aryl methyl sites for hydroxylation is 1. The molecule has 4 nitrogen and oxygen atoms in total. The standard InChI is InChI=1S/C20H13ClN4S/c1-12-3-2-4-15(9-12)25-19-18-17(13-5-7-14(21)8-6-13)16(10-22)26-20(18)24-11-23-19/h2-9,11H,1H3,(H,23,24,25). The van der Waals surface area contributed by atoms with Gasteiger partial charge in [-0.05, 0) is 42.3 Å². The molecule has 4 aromatic rings. The molecule has 2 aromatic carbocycles. The second-order valence-corrected chi connectivity index (χ2v) is 7.26. The van der Waals surface area contributed by atoms with Crippen LogP contribution in [0.5, 0.6) is 0 Å². The Morgan fingerprint density at radius 3 is 2.65 bits per heavy atom. The first-order valence-electron chi connectivity index (χ1n) is 7.93. The van der Waals surface area contributed by atoms with Crippen molar-refractivity contribution < 1.29 is 0 Å². The van der Waals surface area contributed by atoms with Crippen LogP contribution in [0.2, 0.25) is 5.02 Å². The van der Waals surface area contributed by atoms with E-state index in [1.165, 1.54) is 17.7 Å². The van der Waals surface area contributed by atoms with Crippen LogP contribution in [0, 0.1) is 18.3 Å². The molecule has 4 rings (SSSR count). The molecule has 0 aliphatic heterocycles. The predicted octanol–water partition coefficient (Wildman–Crippen LogP) is 5.94. The third-order valence-electron chi connectivity index (χ3n) is 4.00. The molecule has 0 aliphatic carbocycles. The van der Waals surface area contributed by atoms with Crippen LogP contribution < -0.4 is 5.32 Å². The third-order valence-corrected chi connectivity index (χ3v) is 5.26. The number of fused-ring (bicyclic) bond motifs is 1. The molecule has 0 saturated heterocycles. The first-order chi connectivity index (χ1) is 12.7. The number of nitrogens with one attached hydrogen (secondary N) is 1. The fourth-order valence-electron chi connectivity index (χ4n) is 2.86. The molecule has 0 aliphatic rings. The van der Waals surface area contributed by atoms with Crippen molar-refractivity contribution in [2.24, 2.45) is 0 Å². The first-order valence-corrected chi connectivity index (χ1v) is 9.12. The number of hydrogen-bond donors (Lipinski definition) is 1. The summed E-state index contributed by atoms with van der Waals surface area (Å²) in [5.41, 5.74) is 3.84. The predicted molar refractivity (Wildman–Crippen MR) is 107 cm³/mol. The van der Waals surface area contributed by atoms with Crippen LogP contribution in [0.3, 0.4) is 0 Å². The van der Waals surface area contributed by atoms with E-state index in [1.54, 1.807) is 0 Å². The maximum atomic E-state index is 9.62. The summed E-state index contributed by atoms with van der Waals surface area (Å²) < 4.78 is 0. The Morgan fingerprint density at radius 1 is 1.12 bits per heavy atom. The third kappa shape index (κ3) is 3.01. The topological polar surface area (TPSA) is 61.6 Å². The van der Waals surface area contributed by atoms with E-state index in [2.05, 4.69) is 21.4 Å². The maximum Gasteiger partial charge on any atom is 0.143 e. The van der Waals surface area contributed by atoms with Gasteiger partial charge in [0.1, 0.15) is 27.9 Å². The molecular weight excluding hydrogens is 364 g/mol. The zero-order chi connectivity index (χ0) is 18.1. The van der Waals surface area contributed by atoms with E-state index in [9.17, 15) is 5.26 Å². The van der Waals surface area contributed by atoms with Crippen molar-refractivity contribution >= 4 is 44.7 Å². The number of rotatable bonds is 3. The van der Waals surface area contributed by atoms with Crippen molar-refractivity contribution in [2.75, 3.05) is 5.32 Å². The molecule has 2 heterocycles. The van der Waals surface area contributed by atoms with Crippen LogP contribution in [-0.4, -0.2) is 9.97 Å². The van der Waals surface area contributed by atoms with Gasteiger partial charge in [0.15, 0.2) is 0 Å². The lowest BCUT2D eigenvalue weighted by Gasteiger charge is -2.09. The van der Waals surface area contributed by atoms with E-state index in [1.807, 2.05) is 55.5 Å². The van der Waals surface area contributed by atoms with Crippen LogP contribution in [0.1, 0.15) is 10.4 Å². The van der Waals surface area contributed by atoms with Crippen molar-refractivity contribution in [3.63, 3.8) is 0 Å². The van der Waals surface area contributed by atoms with Crippen molar-refractivity contribution in [1.82, 2.24) is 9.97 Å². The lowest BCUT2D eigenvalue weighted by atomic mass is 10.0. The lowest BCUT2D eigenvalue weighted by molar-refractivity contribution is 1.23. The highest BCUT2D eigenvalue weighted by molar-refractivity contribution is 7.19. The zero-order valence-electron chi connectivity index (χ0n) is 13.8. The molecule has 0 saturated carbocycles. The fraction of sp³-hybridized carbons (Fsp3) is 0.0500. The van der Waals surface area contributed by atoms with Gasteiger partial charge in [-0.1, -0.05) is 35.9 Å². The summed E-state index contributed by atoms with van der Waals surface area (Å²) >= 11 is 7.38. The van der Waals surface area contributed by atoms with E-state index < -0.39 is 0 Å². The van der Waals surface area contributed by atoms with E-state index in [0.717, 1.165) is 32.6 Å². The molecule has 0 amide bonds. The lowest BCUT2D eigenvalue weighted by Crippen LogP contribution is -1.96. The van der Waals surface area contributed by atoms with Gasteiger partial charge in [-0.25, -0.2) is 9.97 Å². The molecular formula is C20H13ClN4S. The molecule has 0 radical (unpaired) electrons. The van der Waals surface area contributed by atoms with E-state index in [0.29, 0.717) is 15.7 Å². The van der Waals surface area contributed by atoms with Crippen LogP contribution in [-0.2, 0) is 0 Å². The summed E-state index contributed by atoms with van der Waals surface area (Å²) in [6.45, 7) is 2.04. The van der Waals surface area contributed by atoms with Crippen LogP contribution >= 0.6 is 22.9 Å². The van der Waals surface area contributed by atoms with Crippen LogP contribution in [0.25, 0.3) is 21.3 Å². The van der Waals surface area contributed by atoms with Crippen molar-refractivity contribution in [3.8, 4) is 17.2 Å². The minimum atomic E-state index is 0.607. The Hall–Kier alpha value is -2.94. The van der Waals surface area contributed by atoms with Crippen molar-refractivity contribution in [3.05, 3.63) is 70.3 Å². The Bertz CT molecular complexity index is 1140. The van der Waals surface area contributed by atoms with Crippen molar-refractivity contribution in [2.45, 2.75) is 6.92 Å². The Balaban J connectivity index is 1.93. The number of thiophene rings is 1. The Labute approximate surface area is 159 Å². The van der Waals surface area contributed by atoms with Gasteiger partial charge in [0.05, 0.1) is 5.39 Å². The molecule has 0 bridgehead atoms. The number of nitriles is 1. The largest absolute Gasteiger partial charge is 0.340 e. The highest BCUT2D eigenvalue weighted by atomic mass is 35.5. The quantitative estimate of drug-likeness (QED) is 0.481. The molecule has 26 heavy (non-hydrogen) atoms. The molecule has 0 unspecified atom stereocenters. The SMILES string of the molecule is Cc1cccc(Nc2ncnc3sc(C#N)c(-c4ccc(Cl)cc4)c23)c1. The molecule has 0 fully saturated rings. The second kappa shape index (κ2) is 6.75. The van der Waals surface area contributed by atoms with Crippen molar-refractivity contribution in [1.29, 1.82) is 5.26 Å². The number of halogens is 1. The molecule has 0 atom stereocenters. The smallest absolute Gasteiger partial charge is 0.143 e. The normalized spacial score (nSPS) is 10.7. The highest BCUT2D eigenvalue weighted by Crippen LogP contribution is 2.41. The molecule has 126 valence electrons. The average Bonchev–Trinajstić information content (AvgIpc) is 3.02. The molecule has 6 heteroatoms. The highest BCUT2D eigenvalue weighted by Gasteiger charge is 2.19. The Kier molecular flexibility index (Phi) is 4.29. The fourth-order valence-corrected chi connectivity index (χ4v) is 3.95. The summed E-state index contributed by atoms with van der Waals surface area (Å²) in [6, 6.07) is 17.8. The van der Waals surface area contributed by atoms with Gasteiger partial charge in [0, 0.05) is 16.3 Å². The second-order valence-electron chi connectivity index (χ2n) is 5.82. The number of nitrogens with zero attached hydrogens (tertiary/aromatic N) is 3. The van der Waals surface area contributed by atoms with Gasteiger partial charge in [-0.2, -0.15) is 5.26 Å². The Morgan fingerprint density at radius 2 is 1.92 bits per heavy atom. The summed E-state index contributed by atoms with van der Waals surface area (Å²) in [7, 11) is 0. The van der Waals surface area contributed by atoms with Gasteiger partial charge >= 0.3 is 0 Å². The minimum Gasteiger partial charge on any atom is -0.340 e. The number of benzene rings is 2. The van der Waals surface area contributed by atoms with E-state index >= 15 is 0 Å². The summed E-state index contributed by atoms with van der Waals surface area (Å²) in [5, 5.41) is 14.5. The summed E-state index contributed by atoms with van der Waals surface area (Å²) in [5.74, 6) is 0.684. The average molecular weight is 377 g/mol. The van der Waals surface area contributed by atoms with E-state index in [4.69, 9.17) is 11.6 Å². The summed E-state index contributed by atoms with van der Waals surface area (Å²) in [4.78, 5) is 10.2.